The van der Waals surface area contributed by atoms with Crippen LogP contribution in [0.1, 0.15) is 60.3 Å². The average molecular weight is 386 g/mol. The summed E-state index contributed by atoms with van der Waals surface area (Å²) in [6.45, 7) is 3.13. The third-order valence-corrected chi connectivity index (χ3v) is 6.96. The third kappa shape index (κ3) is 3.39. The Balaban J connectivity index is 1.78. The van der Waals surface area contributed by atoms with Crippen molar-refractivity contribution in [2.24, 2.45) is 5.92 Å². The smallest absolute Gasteiger partial charge is 0.264 e. The number of thiophene rings is 1. The Hall–Kier alpha value is -1.85. The SMILES string of the molecule is CCOc1ccccc1[C@@H]1[C@@H]2CCCC[C@@]2(O)CCN1C(=O)c1cccs1. The van der Waals surface area contributed by atoms with E-state index in [-0.39, 0.29) is 17.9 Å². The van der Waals surface area contributed by atoms with E-state index in [1.807, 2.05) is 47.5 Å². The highest BCUT2D eigenvalue weighted by Gasteiger charge is 2.51. The van der Waals surface area contributed by atoms with Crippen molar-refractivity contribution in [3.05, 3.63) is 52.2 Å². The molecule has 2 aromatic rings. The Bertz CT molecular complexity index is 791. The summed E-state index contributed by atoms with van der Waals surface area (Å²) in [5.74, 6) is 0.934. The number of aliphatic hydroxyl groups is 1. The fourth-order valence-electron chi connectivity index (χ4n) is 4.85. The number of carbonyl (C=O) groups excluding carboxylic acids is 1. The molecule has 1 N–H and O–H groups in total. The lowest BCUT2D eigenvalue weighted by atomic mass is 9.66. The molecule has 1 saturated carbocycles. The van der Waals surface area contributed by atoms with Gasteiger partial charge in [0.1, 0.15) is 5.75 Å². The molecule has 2 aliphatic rings. The highest BCUT2D eigenvalue weighted by atomic mass is 32.1. The Morgan fingerprint density at radius 1 is 1.26 bits per heavy atom. The summed E-state index contributed by atoms with van der Waals surface area (Å²) in [5.41, 5.74) is 0.336. The lowest BCUT2D eigenvalue weighted by Gasteiger charge is -2.52. The van der Waals surface area contributed by atoms with Gasteiger partial charge in [0.2, 0.25) is 0 Å². The number of benzene rings is 1. The van der Waals surface area contributed by atoms with Crippen LogP contribution < -0.4 is 4.74 Å². The summed E-state index contributed by atoms with van der Waals surface area (Å²) in [6.07, 6.45) is 4.58. The molecule has 4 rings (SSSR count). The number of amides is 1. The maximum atomic E-state index is 13.3. The van der Waals surface area contributed by atoms with Gasteiger partial charge in [-0.05, 0) is 43.7 Å². The van der Waals surface area contributed by atoms with Crippen LogP contribution in [-0.2, 0) is 0 Å². The molecule has 1 amide bonds. The van der Waals surface area contributed by atoms with Gasteiger partial charge in [-0.2, -0.15) is 0 Å². The number of rotatable bonds is 4. The summed E-state index contributed by atoms with van der Waals surface area (Å²) in [7, 11) is 0. The summed E-state index contributed by atoms with van der Waals surface area (Å²) < 4.78 is 5.90. The third-order valence-electron chi connectivity index (χ3n) is 6.10. The number of nitrogens with zero attached hydrogens (tertiary/aromatic N) is 1. The zero-order valence-corrected chi connectivity index (χ0v) is 16.6. The minimum Gasteiger partial charge on any atom is -0.494 e. The van der Waals surface area contributed by atoms with E-state index in [2.05, 4.69) is 6.07 Å². The Morgan fingerprint density at radius 2 is 2.11 bits per heavy atom. The molecule has 1 saturated heterocycles. The lowest BCUT2D eigenvalue weighted by molar-refractivity contribution is -0.115. The number of para-hydroxylation sites is 1. The number of piperidine rings is 1. The summed E-state index contributed by atoms with van der Waals surface area (Å²) in [6, 6.07) is 11.7. The van der Waals surface area contributed by atoms with E-state index in [0.29, 0.717) is 19.6 Å². The molecule has 3 atom stereocenters. The van der Waals surface area contributed by atoms with Crippen LogP contribution in [0.15, 0.2) is 41.8 Å². The van der Waals surface area contributed by atoms with Gasteiger partial charge in [-0.15, -0.1) is 11.3 Å². The molecule has 5 heteroatoms. The fraction of sp³-hybridized carbons (Fsp3) is 0.500. The van der Waals surface area contributed by atoms with Gasteiger partial charge < -0.3 is 14.7 Å². The first-order chi connectivity index (χ1) is 13.1. The van der Waals surface area contributed by atoms with Gasteiger partial charge in [0, 0.05) is 18.0 Å². The van der Waals surface area contributed by atoms with E-state index in [1.54, 1.807) is 0 Å². The molecular formula is C22H27NO3S. The predicted octanol–water partition coefficient (Wildman–Crippen LogP) is 4.66. The van der Waals surface area contributed by atoms with Gasteiger partial charge in [0.25, 0.3) is 5.91 Å². The quantitative estimate of drug-likeness (QED) is 0.833. The molecule has 0 spiro atoms. The highest BCUT2D eigenvalue weighted by molar-refractivity contribution is 7.12. The topological polar surface area (TPSA) is 49.8 Å². The van der Waals surface area contributed by atoms with Crippen molar-refractivity contribution in [2.45, 2.75) is 50.7 Å². The second-order valence-corrected chi connectivity index (χ2v) is 8.55. The number of carbonyl (C=O) groups is 1. The zero-order chi connectivity index (χ0) is 18.9. The largest absolute Gasteiger partial charge is 0.494 e. The molecular weight excluding hydrogens is 358 g/mol. The van der Waals surface area contributed by atoms with E-state index in [1.165, 1.54) is 11.3 Å². The number of fused-ring (bicyclic) bond motifs is 1. The van der Waals surface area contributed by atoms with Gasteiger partial charge in [0.15, 0.2) is 0 Å². The Morgan fingerprint density at radius 3 is 2.89 bits per heavy atom. The summed E-state index contributed by atoms with van der Waals surface area (Å²) in [4.78, 5) is 16.0. The van der Waals surface area contributed by atoms with Gasteiger partial charge >= 0.3 is 0 Å². The second-order valence-electron chi connectivity index (χ2n) is 7.60. The molecule has 144 valence electrons. The van der Waals surface area contributed by atoms with Crippen molar-refractivity contribution in [1.29, 1.82) is 0 Å². The molecule has 0 bridgehead atoms. The van der Waals surface area contributed by atoms with Gasteiger partial charge in [-0.1, -0.05) is 37.1 Å². The monoisotopic (exact) mass is 385 g/mol. The molecule has 1 aromatic heterocycles. The maximum Gasteiger partial charge on any atom is 0.264 e. The average Bonchev–Trinajstić information content (AvgIpc) is 3.22. The van der Waals surface area contributed by atoms with Crippen LogP contribution in [0.3, 0.4) is 0 Å². The van der Waals surface area contributed by atoms with E-state index < -0.39 is 5.60 Å². The molecule has 2 heterocycles. The van der Waals surface area contributed by atoms with Crippen LogP contribution in [0, 0.1) is 5.92 Å². The minimum absolute atomic E-state index is 0.0468. The fourth-order valence-corrected chi connectivity index (χ4v) is 5.53. The molecule has 2 fully saturated rings. The lowest BCUT2D eigenvalue weighted by Crippen LogP contribution is -2.56. The number of hydrogen-bond acceptors (Lipinski definition) is 4. The van der Waals surface area contributed by atoms with Crippen molar-refractivity contribution in [2.75, 3.05) is 13.2 Å². The van der Waals surface area contributed by atoms with Gasteiger partial charge in [-0.25, -0.2) is 0 Å². The van der Waals surface area contributed by atoms with Crippen molar-refractivity contribution >= 4 is 17.2 Å². The highest BCUT2D eigenvalue weighted by Crippen LogP contribution is 2.51. The number of likely N-dealkylation sites (tertiary alicyclic amines) is 1. The van der Waals surface area contributed by atoms with Crippen LogP contribution in [0.5, 0.6) is 5.75 Å². The normalized spacial score (nSPS) is 27.9. The van der Waals surface area contributed by atoms with E-state index >= 15 is 0 Å². The van der Waals surface area contributed by atoms with E-state index in [9.17, 15) is 9.90 Å². The summed E-state index contributed by atoms with van der Waals surface area (Å²) >= 11 is 1.48. The van der Waals surface area contributed by atoms with E-state index in [4.69, 9.17) is 4.74 Å². The molecule has 0 radical (unpaired) electrons. The molecule has 1 aromatic carbocycles. The van der Waals surface area contributed by atoms with Crippen LogP contribution in [0.2, 0.25) is 0 Å². The molecule has 27 heavy (non-hydrogen) atoms. The van der Waals surface area contributed by atoms with Gasteiger partial charge in [0.05, 0.1) is 23.1 Å². The first kappa shape index (κ1) is 18.5. The standard InChI is InChI=1S/C22H27NO3S/c1-2-26-18-10-4-3-8-16(18)20-17-9-5-6-12-22(17,25)13-14-23(20)21(24)19-11-7-15-27-19/h3-4,7-8,10-11,15,17,20,25H,2,5-6,9,12-14H2,1H3/t17-,20+,22+/m0/s1. The van der Waals surface area contributed by atoms with Crippen LogP contribution in [0.4, 0.5) is 0 Å². The van der Waals surface area contributed by atoms with E-state index in [0.717, 1.165) is 41.9 Å². The minimum atomic E-state index is -0.686. The van der Waals surface area contributed by atoms with Crippen LogP contribution in [-0.4, -0.2) is 34.7 Å². The van der Waals surface area contributed by atoms with Crippen LogP contribution >= 0.6 is 11.3 Å². The first-order valence-electron chi connectivity index (χ1n) is 9.92. The molecule has 0 unspecified atom stereocenters. The molecule has 1 aliphatic carbocycles. The van der Waals surface area contributed by atoms with Crippen molar-refractivity contribution in [1.82, 2.24) is 4.90 Å². The number of hydrogen-bond donors (Lipinski definition) is 1. The maximum absolute atomic E-state index is 13.3. The Kier molecular flexibility index (Phi) is 5.24. The molecule has 1 aliphatic heterocycles. The van der Waals surface area contributed by atoms with Crippen molar-refractivity contribution in [3.8, 4) is 5.75 Å². The van der Waals surface area contributed by atoms with Crippen molar-refractivity contribution in [3.63, 3.8) is 0 Å². The number of ether oxygens (including phenoxy) is 1. The van der Waals surface area contributed by atoms with Crippen LogP contribution in [0.25, 0.3) is 0 Å². The van der Waals surface area contributed by atoms with Crippen molar-refractivity contribution < 1.29 is 14.6 Å². The predicted molar refractivity (Wildman–Crippen MR) is 107 cm³/mol. The summed E-state index contributed by atoms with van der Waals surface area (Å²) in [5, 5.41) is 13.3. The zero-order valence-electron chi connectivity index (χ0n) is 15.8. The molecule has 4 nitrogen and oxygen atoms in total. The Labute approximate surface area is 164 Å². The first-order valence-corrected chi connectivity index (χ1v) is 10.8. The second kappa shape index (κ2) is 7.64. The van der Waals surface area contributed by atoms with Gasteiger partial charge in [-0.3, -0.25) is 4.79 Å².